The van der Waals surface area contributed by atoms with Gasteiger partial charge in [0, 0.05) is 17.2 Å². The van der Waals surface area contributed by atoms with Crippen LogP contribution < -0.4 is 10.6 Å². The molecule has 1 fully saturated rings. The Kier molecular flexibility index (Phi) is 14.9. The van der Waals surface area contributed by atoms with Gasteiger partial charge in [0.25, 0.3) is 0 Å². The van der Waals surface area contributed by atoms with Crippen LogP contribution in [0.25, 0.3) is 0 Å². The topological polar surface area (TPSA) is 115 Å². The molecule has 14 heteroatoms. The number of nitrogens with zero attached hydrogens (tertiary/aromatic N) is 1. The van der Waals surface area contributed by atoms with Gasteiger partial charge in [-0.3, -0.25) is 4.79 Å². The average Bonchev–Trinajstić information content (AvgIpc) is 3.09. The average molecular weight is 828 g/mol. The number of hydrogen-bond acceptors (Lipinski definition) is 7. The highest BCUT2D eigenvalue weighted by molar-refractivity contribution is 6.74. The molecule has 0 aliphatic carbocycles. The summed E-state index contributed by atoms with van der Waals surface area (Å²) in [6.45, 7) is 21.8. The molecule has 2 N–H and O–H groups in total. The van der Waals surface area contributed by atoms with Crippen LogP contribution in [-0.2, 0) is 29.9 Å². The van der Waals surface area contributed by atoms with Gasteiger partial charge in [0.05, 0.1) is 31.9 Å². The van der Waals surface area contributed by atoms with Gasteiger partial charge in [-0.1, -0.05) is 51.1 Å². The molecule has 0 bridgehead atoms. The molecule has 1 aliphatic heterocycles. The van der Waals surface area contributed by atoms with Gasteiger partial charge in [0.2, 0.25) is 5.91 Å². The summed E-state index contributed by atoms with van der Waals surface area (Å²) in [5.41, 5.74) is -0.423. The van der Waals surface area contributed by atoms with Crippen molar-refractivity contribution in [2.75, 3.05) is 25.0 Å². The molecule has 0 saturated carbocycles. The first-order chi connectivity index (χ1) is 26.8. The van der Waals surface area contributed by atoms with Gasteiger partial charge in [0.1, 0.15) is 34.7 Å². The van der Waals surface area contributed by atoms with E-state index in [1.165, 1.54) is 60.7 Å². The van der Waals surface area contributed by atoms with Crippen LogP contribution in [-0.4, -0.2) is 80.5 Å². The van der Waals surface area contributed by atoms with Crippen LogP contribution in [0.3, 0.4) is 0 Å². The first kappa shape index (κ1) is 46.3. The zero-order valence-electron chi connectivity index (χ0n) is 35.6. The highest BCUT2D eigenvalue weighted by Crippen LogP contribution is 2.37. The third-order valence-corrected chi connectivity index (χ3v) is 14.7. The van der Waals surface area contributed by atoms with E-state index in [4.69, 9.17) is 18.6 Å². The normalized spacial score (nSPS) is 17.1. The smallest absolute Gasteiger partial charge is 0.410 e. The molecule has 1 heterocycles. The van der Waals surface area contributed by atoms with E-state index >= 15 is 4.39 Å². The lowest BCUT2D eigenvalue weighted by molar-refractivity contribution is -0.118. The van der Waals surface area contributed by atoms with Crippen molar-refractivity contribution in [3.8, 4) is 0 Å². The van der Waals surface area contributed by atoms with Crippen molar-refractivity contribution in [2.24, 2.45) is 0 Å². The number of alkyl carbamates (subject to hydrolysis) is 1. The summed E-state index contributed by atoms with van der Waals surface area (Å²) >= 11 is 0. The largest absolute Gasteiger partial charge is 0.444 e. The SMILES string of the molecule is CC(C)(C)OC(=O)NC(C(=O)Nc1cccc(F)c1CCC1CN(C(=O)OC(C)(C)C)CC(CO[Si](C)(C)C(C)(C)C)O1)C(c1ccc(F)cc1)c1ccc(F)cc1. The summed E-state index contributed by atoms with van der Waals surface area (Å²) in [6, 6.07) is 13.7. The number of carbonyl (C=O) groups is 3. The summed E-state index contributed by atoms with van der Waals surface area (Å²) in [5.74, 6) is -3.30. The van der Waals surface area contributed by atoms with E-state index in [-0.39, 0.29) is 48.8 Å². The van der Waals surface area contributed by atoms with E-state index in [1.54, 1.807) is 52.5 Å². The van der Waals surface area contributed by atoms with E-state index in [2.05, 4.69) is 44.5 Å². The zero-order chi connectivity index (χ0) is 43.2. The van der Waals surface area contributed by atoms with Crippen LogP contribution in [0.4, 0.5) is 28.4 Å². The number of benzene rings is 3. The minimum Gasteiger partial charge on any atom is -0.444 e. The second kappa shape index (κ2) is 18.7. The summed E-state index contributed by atoms with van der Waals surface area (Å²) in [4.78, 5) is 42.6. The molecule has 10 nitrogen and oxygen atoms in total. The maximum absolute atomic E-state index is 15.8. The van der Waals surface area contributed by atoms with E-state index in [9.17, 15) is 23.2 Å². The molecule has 4 rings (SSSR count). The number of ether oxygens (including phenoxy) is 3. The lowest BCUT2D eigenvalue weighted by Gasteiger charge is -2.41. The molecule has 58 heavy (non-hydrogen) atoms. The molecule has 3 aromatic rings. The Hall–Kier alpha value is -4.40. The molecule has 1 aliphatic rings. The van der Waals surface area contributed by atoms with Crippen molar-refractivity contribution in [1.29, 1.82) is 0 Å². The van der Waals surface area contributed by atoms with Crippen LogP contribution in [0.1, 0.15) is 91.3 Å². The first-order valence-electron chi connectivity index (χ1n) is 19.7. The van der Waals surface area contributed by atoms with Crippen LogP contribution >= 0.6 is 0 Å². The molecule has 3 atom stereocenters. The molecule has 3 unspecified atom stereocenters. The molecule has 0 spiro atoms. The van der Waals surface area contributed by atoms with Gasteiger partial charge < -0.3 is 34.2 Å². The molecule has 0 aromatic heterocycles. The zero-order valence-corrected chi connectivity index (χ0v) is 36.6. The van der Waals surface area contributed by atoms with Crippen molar-refractivity contribution >= 4 is 32.1 Å². The molecular weight excluding hydrogens is 768 g/mol. The number of morpholine rings is 1. The standard InChI is InChI=1S/C44H60F3N3O7Si/c1-42(2,3)56-40(52)49-38(37(28-15-19-30(45)20-16-28)29-17-21-31(46)22-18-29)39(51)48-36-14-12-13-35(47)34(36)24-23-32-25-50(41(53)57-43(4,5)6)26-33(55-32)27-54-58(10,11)44(7,8)9/h12-22,32-33,37-38H,23-27H2,1-11H3,(H,48,51)(H,49,52). The number of carbonyl (C=O) groups excluding carboxylic acids is 3. The fourth-order valence-corrected chi connectivity index (χ4v) is 7.30. The second-order valence-corrected chi connectivity index (χ2v) is 23.1. The summed E-state index contributed by atoms with van der Waals surface area (Å²) < 4.78 is 68.2. The van der Waals surface area contributed by atoms with Gasteiger partial charge in [0.15, 0.2) is 8.32 Å². The Labute approximate surface area is 342 Å². The van der Waals surface area contributed by atoms with E-state index in [1.807, 2.05) is 0 Å². The van der Waals surface area contributed by atoms with Crippen LogP contribution in [0, 0.1) is 17.5 Å². The van der Waals surface area contributed by atoms with Gasteiger partial charge >= 0.3 is 12.2 Å². The monoisotopic (exact) mass is 827 g/mol. The van der Waals surface area contributed by atoms with E-state index in [0.29, 0.717) is 11.1 Å². The summed E-state index contributed by atoms with van der Waals surface area (Å²) in [6.07, 6.45) is -2.01. The molecule has 0 radical (unpaired) electrons. The van der Waals surface area contributed by atoms with Crippen molar-refractivity contribution < 1.29 is 46.2 Å². The quantitative estimate of drug-likeness (QED) is 0.175. The lowest BCUT2D eigenvalue weighted by Crippen LogP contribution is -2.54. The first-order valence-corrected chi connectivity index (χ1v) is 22.6. The number of anilines is 1. The molecule has 318 valence electrons. The number of nitrogens with one attached hydrogen (secondary N) is 2. The minimum absolute atomic E-state index is 0.0446. The predicted molar refractivity (Wildman–Crippen MR) is 221 cm³/mol. The van der Waals surface area contributed by atoms with Crippen molar-refractivity contribution in [2.45, 2.75) is 129 Å². The van der Waals surface area contributed by atoms with Crippen molar-refractivity contribution in [1.82, 2.24) is 10.2 Å². The maximum Gasteiger partial charge on any atom is 0.410 e. The maximum atomic E-state index is 15.8. The van der Waals surface area contributed by atoms with Gasteiger partial charge in [-0.2, -0.15) is 0 Å². The third kappa shape index (κ3) is 13.3. The predicted octanol–water partition coefficient (Wildman–Crippen LogP) is 9.73. The molecular formula is C44H60F3N3O7Si. The molecule has 1 saturated heterocycles. The highest BCUT2D eigenvalue weighted by atomic mass is 28.4. The van der Waals surface area contributed by atoms with Crippen LogP contribution in [0.2, 0.25) is 18.1 Å². The summed E-state index contributed by atoms with van der Waals surface area (Å²) in [7, 11) is -2.16. The second-order valence-electron chi connectivity index (χ2n) is 18.3. The van der Waals surface area contributed by atoms with Crippen LogP contribution in [0.15, 0.2) is 66.7 Å². The highest BCUT2D eigenvalue weighted by Gasteiger charge is 2.40. The fraction of sp³-hybridized carbons (Fsp3) is 0.523. The Morgan fingerprint density at radius 1 is 0.793 bits per heavy atom. The number of amides is 3. The van der Waals surface area contributed by atoms with Gasteiger partial charge in [-0.05, 0) is 120 Å². The Bertz CT molecular complexity index is 1830. The number of halogens is 3. The fourth-order valence-electron chi connectivity index (χ4n) is 6.27. The Balaban J connectivity index is 1.64. The van der Waals surface area contributed by atoms with E-state index in [0.717, 1.165) is 0 Å². The van der Waals surface area contributed by atoms with Crippen molar-refractivity contribution in [3.63, 3.8) is 0 Å². The summed E-state index contributed by atoms with van der Waals surface area (Å²) in [5, 5.41) is 5.45. The third-order valence-electron chi connectivity index (χ3n) is 10.2. The molecule has 3 aromatic carbocycles. The Morgan fingerprint density at radius 3 is 1.84 bits per heavy atom. The van der Waals surface area contributed by atoms with E-state index < -0.39 is 79.2 Å². The minimum atomic E-state index is -2.16. The van der Waals surface area contributed by atoms with Gasteiger partial charge in [-0.15, -0.1) is 0 Å². The lowest BCUT2D eigenvalue weighted by atomic mass is 9.84. The number of hydrogen-bond donors (Lipinski definition) is 2. The number of rotatable bonds is 12. The Morgan fingerprint density at radius 2 is 1.33 bits per heavy atom. The molecule has 3 amide bonds. The van der Waals surface area contributed by atoms with Crippen molar-refractivity contribution in [3.05, 3.63) is 101 Å². The van der Waals surface area contributed by atoms with Gasteiger partial charge in [-0.25, -0.2) is 22.8 Å². The van der Waals surface area contributed by atoms with Crippen LogP contribution in [0.5, 0.6) is 0 Å².